The van der Waals surface area contributed by atoms with Crippen molar-refractivity contribution in [2.75, 3.05) is 18.1 Å². The molecule has 1 fully saturated rings. The summed E-state index contributed by atoms with van der Waals surface area (Å²) in [7, 11) is -4.52. The topological polar surface area (TPSA) is 218 Å². The number of aliphatic hydroxyl groups excluding tert-OH is 2. The van der Waals surface area contributed by atoms with Gasteiger partial charge in [-0.25, -0.2) is 19.7 Å². The molecule has 0 radical (unpaired) electrons. The van der Waals surface area contributed by atoms with Gasteiger partial charge in [0.25, 0.3) is 5.91 Å². The van der Waals surface area contributed by atoms with Crippen molar-refractivity contribution >= 4 is 45.8 Å². The molecule has 160 valence electrons. The highest BCUT2D eigenvalue weighted by molar-refractivity contribution is 7.85. The predicted octanol–water partition coefficient (Wildman–Crippen LogP) is -3.34. The van der Waals surface area contributed by atoms with Crippen LogP contribution in [0.1, 0.15) is 6.23 Å². The van der Waals surface area contributed by atoms with Gasteiger partial charge in [0.2, 0.25) is 0 Å². The molecule has 29 heavy (non-hydrogen) atoms. The van der Waals surface area contributed by atoms with Gasteiger partial charge < -0.3 is 26.4 Å². The summed E-state index contributed by atoms with van der Waals surface area (Å²) in [5, 5.41) is 20.5. The number of aromatic nitrogens is 4. The standard InChI is InChI=1S/C13H19N7O7S2/c14-5(2-28)12(23)19-29(24,25)26-1-6-8(21)9(22)13(27-6)20-4-18-7-10(15)16-3-17-11(7)20/h3-6,8-9,13,21-22,28H,1-2,14H2,(H,19,23)(H2,15,16,17)/t5-,6+,8?,9?,13+/m0/s1. The van der Waals surface area contributed by atoms with E-state index < -0.39 is 53.4 Å². The van der Waals surface area contributed by atoms with Crippen LogP contribution >= 0.6 is 12.6 Å². The Morgan fingerprint density at radius 3 is 2.79 bits per heavy atom. The molecule has 2 aromatic rings. The molecule has 0 spiro atoms. The zero-order chi connectivity index (χ0) is 21.3. The molecule has 1 amide bonds. The van der Waals surface area contributed by atoms with E-state index in [1.807, 2.05) is 0 Å². The zero-order valence-electron chi connectivity index (χ0n) is 14.7. The fraction of sp³-hybridized carbons (Fsp3) is 0.538. The van der Waals surface area contributed by atoms with E-state index in [4.69, 9.17) is 16.2 Å². The normalized spacial score (nSPS) is 25.9. The van der Waals surface area contributed by atoms with Gasteiger partial charge in [0, 0.05) is 5.75 Å². The molecule has 0 aromatic carbocycles. The van der Waals surface area contributed by atoms with Crippen molar-refractivity contribution in [1.29, 1.82) is 0 Å². The minimum absolute atomic E-state index is 0.0768. The zero-order valence-corrected chi connectivity index (χ0v) is 16.4. The maximum Gasteiger partial charge on any atom is 0.362 e. The van der Waals surface area contributed by atoms with Gasteiger partial charge in [0.15, 0.2) is 17.7 Å². The number of nitrogens with two attached hydrogens (primary N) is 2. The van der Waals surface area contributed by atoms with E-state index in [2.05, 4.69) is 31.8 Å². The number of carbonyl (C=O) groups excluding carboxylic acids is 1. The van der Waals surface area contributed by atoms with E-state index in [9.17, 15) is 23.4 Å². The summed E-state index contributed by atoms with van der Waals surface area (Å²) in [4.78, 5) is 23.4. The maximum absolute atomic E-state index is 11.8. The first-order valence-corrected chi connectivity index (χ1v) is 10.2. The number of imidazole rings is 1. The van der Waals surface area contributed by atoms with Gasteiger partial charge in [-0.3, -0.25) is 13.5 Å². The highest BCUT2D eigenvalue weighted by atomic mass is 32.2. The second-order valence-electron chi connectivity index (χ2n) is 6.12. The number of amides is 1. The van der Waals surface area contributed by atoms with Crippen molar-refractivity contribution in [2.24, 2.45) is 5.73 Å². The molecule has 2 unspecified atom stereocenters. The van der Waals surface area contributed by atoms with Gasteiger partial charge in [-0.1, -0.05) is 0 Å². The minimum Gasteiger partial charge on any atom is -0.387 e. The summed E-state index contributed by atoms with van der Waals surface area (Å²) in [6.07, 6.45) is -2.85. The Morgan fingerprint density at radius 1 is 1.38 bits per heavy atom. The monoisotopic (exact) mass is 449 g/mol. The molecular formula is C13H19N7O7S2. The summed E-state index contributed by atoms with van der Waals surface area (Å²) in [5.74, 6) is -0.969. The molecule has 1 aliphatic heterocycles. The van der Waals surface area contributed by atoms with Crippen molar-refractivity contribution < 1.29 is 32.3 Å². The van der Waals surface area contributed by atoms with E-state index in [0.717, 1.165) is 0 Å². The van der Waals surface area contributed by atoms with Crippen LogP contribution in [0, 0.1) is 0 Å². The van der Waals surface area contributed by atoms with E-state index in [-0.39, 0.29) is 22.7 Å². The molecule has 16 heteroatoms. The number of carbonyl (C=O) groups is 1. The molecule has 3 rings (SSSR count). The number of nitrogen functional groups attached to an aromatic ring is 1. The SMILES string of the molecule is Nc1ncnc2c1ncn2[C@@H]1O[C@H](COS(=O)(=O)NC(=O)[C@@H](N)CS)C(O)C1O. The molecule has 5 atom stereocenters. The van der Waals surface area contributed by atoms with Crippen LogP contribution in [0.4, 0.5) is 5.82 Å². The Hall–Kier alpha value is -2.08. The number of hydrogen-bond acceptors (Lipinski definition) is 13. The van der Waals surface area contributed by atoms with Gasteiger partial charge in [-0.05, 0) is 0 Å². The van der Waals surface area contributed by atoms with Gasteiger partial charge in [-0.15, -0.1) is 0 Å². The Morgan fingerprint density at radius 2 is 2.10 bits per heavy atom. The summed E-state index contributed by atoms with van der Waals surface area (Å²) in [5.41, 5.74) is 11.6. The third-order valence-corrected chi connectivity index (χ3v) is 5.44. The number of ether oxygens (including phenoxy) is 1. The Kier molecular flexibility index (Phi) is 6.22. The van der Waals surface area contributed by atoms with Gasteiger partial charge >= 0.3 is 10.3 Å². The molecule has 1 saturated heterocycles. The van der Waals surface area contributed by atoms with Gasteiger partial charge in [-0.2, -0.15) is 21.0 Å². The largest absolute Gasteiger partial charge is 0.387 e. The second-order valence-corrected chi connectivity index (χ2v) is 7.84. The average molecular weight is 449 g/mol. The number of aliphatic hydroxyl groups is 2. The molecule has 0 bridgehead atoms. The number of anilines is 1. The van der Waals surface area contributed by atoms with E-state index in [0.29, 0.717) is 0 Å². The Balaban J connectivity index is 1.70. The molecular weight excluding hydrogens is 430 g/mol. The third kappa shape index (κ3) is 4.42. The van der Waals surface area contributed by atoms with Crippen molar-refractivity contribution in [2.45, 2.75) is 30.6 Å². The van der Waals surface area contributed by atoms with Crippen LogP contribution in [0.25, 0.3) is 11.2 Å². The van der Waals surface area contributed by atoms with Crippen molar-refractivity contribution in [1.82, 2.24) is 24.2 Å². The first-order chi connectivity index (χ1) is 13.6. The molecule has 0 saturated carbocycles. The molecule has 1 aliphatic rings. The molecule has 3 heterocycles. The number of nitrogens with one attached hydrogen (secondary N) is 1. The van der Waals surface area contributed by atoms with Crippen LogP contribution in [0.5, 0.6) is 0 Å². The highest BCUT2D eigenvalue weighted by Crippen LogP contribution is 2.32. The van der Waals surface area contributed by atoms with Gasteiger partial charge in [0.1, 0.15) is 30.2 Å². The maximum atomic E-state index is 11.8. The first kappa shape index (κ1) is 21.6. The summed E-state index contributed by atoms with van der Waals surface area (Å²) < 4.78 is 36.8. The van der Waals surface area contributed by atoms with E-state index >= 15 is 0 Å². The van der Waals surface area contributed by atoms with E-state index in [1.54, 1.807) is 4.72 Å². The smallest absolute Gasteiger partial charge is 0.362 e. The lowest BCUT2D eigenvalue weighted by Crippen LogP contribution is -2.45. The predicted molar refractivity (Wildman–Crippen MR) is 101 cm³/mol. The highest BCUT2D eigenvalue weighted by Gasteiger charge is 2.45. The van der Waals surface area contributed by atoms with Crippen LogP contribution in [0.15, 0.2) is 12.7 Å². The van der Waals surface area contributed by atoms with Crippen LogP contribution in [0.2, 0.25) is 0 Å². The number of fused-ring (bicyclic) bond motifs is 1. The lowest BCUT2D eigenvalue weighted by molar-refractivity contribution is -0.120. The van der Waals surface area contributed by atoms with Crippen molar-refractivity contribution in [3.05, 3.63) is 12.7 Å². The number of thiol groups is 1. The number of hydrogen-bond donors (Lipinski definition) is 6. The lowest BCUT2D eigenvalue weighted by Gasteiger charge is -2.16. The second kappa shape index (κ2) is 8.34. The van der Waals surface area contributed by atoms with E-state index in [1.165, 1.54) is 17.2 Å². The lowest BCUT2D eigenvalue weighted by atomic mass is 10.1. The minimum atomic E-state index is -4.52. The molecule has 0 aliphatic carbocycles. The fourth-order valence-corrected chi connectivity index (χ4v) is 3.56. The van der Waals surface area contributed by atoms with Gasteiger partial charge in [0.05, 0.1) is 19.0 Å². The number of rotatable bonds is 7. The van der Waals surface area contributed by atoms with Crippen LogP contribution in [-0.2, 0) is 24.0 Å². The van der Waals surface area contributed by atoms with Crippen molar-refractivity contribution in [3.63, 3.8) is 0 Å². The Bertz CT molecular complexity index is 1000. The fourth-order valence-electron chi connectivity index (χ4n) is 2.62. The molecule has 7 N–H and O–H groups in total. The summed E-state index contributed by atoms with van der Waals surface area (Å²) >= 11 is 3.79. The third-order valence-electron chi connectivity index (χ3n) is 4.14. The van der Waals surface area contributed by atoms with Crippen molar-refractivity contribution in [3.8, 4) is 0 Å². The quantitative estimate of drug-likeness (QED) is 0.229. The summed E-state index contributed by atoms with van der Waals surface area (Å²) in [6, 6.07) is -1.15. The summed E-state index contributed by atoms with van der Waals surface area (Å²) in [6.45, 7) is -0.683. The Labute approximate surface area is 169 Å². The number of nitrogens with zero attached hydrogens (tertiary/aromatic N) is 4. The average Bonchev–Trinajstić information content (AvgIpc) is 3.22. The molecule has 14 nitrogen and oxygen atoms in total. The van der Waals surface area contributed by atoms with Crippen LogP contribution in [-0.4, -0.2) is 80.8 Å². The first-order valence-electron chi connectivity index (χ1n) is 8.16. The molecule has 2 aromatic heterocycles. The van der Waals surface area contributed by atoms with Crippen LogP contribution < -0.4 is 16.2 Å². The van der Waals surface area contributed by atoms with Crippen LogP contribution in [0.3, 0.4) is 0 Å².